The van der Waals surface area contributed by atoms with E-state index in [0.717, 1.165) is 15.9 Å². The Morgan fingerprint density at radius 3 is 2.54 bits per heavy atom. The van der Waals surface area contributed by atoms with Crippen LogP contribution in [0.1, 0.15) is 17.4 Å². The van der Waals surface area contributed by atoms with Crippen molar-refractivity contribution in [1.82, 2.24) is 28.9 Å². The third kappa shape index (κ3) is 2.30. The quantitative estimate of drug-likeness (QED) is 0.532. The van der Waals surface area contributed by atoms with Gasteiger partial charge in [0.15, 0.2) is 11.2 Å². The van der Waals surface area contributed by atoms with Gasteiger partial charge in [-0.2, -0.15) is 0 Å². The maximum absolute atomic E-state index is 12.5. The van der Waals surface area contributed by atoms with Gasteiger partial charge >= 0.3 is 5.69 Å². The van der Waals surface area contributed by atoms with Crippen molar-refractivity contribution in [3.63, 3.8) is 0 Å². The molecule has 0 bridgehead atoms. The zero-order valence-corrected chi connectivity index (χ0v) is 14.7. The molecular formula is C16H16N6O4. The zero-order chi connectivity index (χ0) is 18.6. The Hall–Kier alpha value is -3.43. The molecule has 0 amide bonds. The average Bonchev–Trinajstić information content (AvgIpc) is 3.30. The molecule has 0 aliphatic heterocycles. The predicted octanol–water partition coefficient (Wildman–Crippen LogP) is 0.742. The number of fused-ring (bicyclic) bond motifs is 1. The van der Waals surface area contributed by atoms with Gasteiger partial charge in [0.1, 0.15) is 18.1 Å². The maximum Gasteiger partial charge on any atom is 0.332 e. The van der Waals surface area contributed by atoms with Gasteiger partial charge in [0.05, 0.1) is 11.9 Å². The van der Waals surface area contributed by atoms with E-state index in [0.29, 0.717) is 28.7 Å². The molecule has 26 heavy (non-hydrogen) atoms. The monoisotopic (exact) mass is 356 g/mol. The molecule has 0 aliphatic rings. The first kappa shape index (κ1) is 16.1. The summed E-state index contributed by atoms with van der Waals surface area (Å²) >= 11 is 0. The number of hydrogen-bond acceptors (Lipinski definition) is 7. The fourth-order valence-electron chi connectivity index (χ4n) is 2.93. The molecule has 0 aliphatic carbocycles. The highest BCUT2D eigenvalue weighted by Gasteiger charge is 2.18. The van der Waals surface area contributed by atoms with Gasteiger partial charge in [-0.1, -0.05) is 0 Å². The van der Waals surface area contributed by atoms with Crippen LogP contribution in [0.25, 0.3) is 22.6 Å². The van der Waals surface area contributed by atoms with Gasteiger partial charge in [-0.3, -0.25) is 13.9 Å². The van der Waals surface area contributed by atoms with Crippen molar-refractivity contribution >= 4 is 11.2 Å². The second-order valence-electron chi connectivity index (χ2n) is 6.08. The van der Waals surface area contributed by atoms with E-state index >= 15 is 0 Å². The van der Waals surface area contributed by atoms with Crippen molar-refractivity contribution in [2.75, 3.05) is 0 Å². The number of furan rings is 1. The minimum atomic E-state index is -0.432. The van der Waals surface area contributed by atoms with Crippen LogP contribution in [0.2, 0.25) is 0 Å². The number of imidazole rings is 1. The van der Waals surface area contributed by atoms with E-state index in [9.17, 15) is 9.59 Å². The standard InChI is InChI=1S/C16H16N6O4/c1-8-5-10(9(2)25-8)14-19-18-11(26-14)6-22-7-17-13-12(22)15(23)21(4)16(24)20(13)3/h5,7H,6H2,1-4H3. The molecule has 0 saturated heterocycles. The molecule has 4 rings (SSSR count). The third-order valence-corrected chi connectivity index (χ3v) is 4.26. The zero-order valence-electron chi connectivity index (χ0n) is 14.7. The van der Waals surface area contributed by atoms with Crippen LogP contribution in [0, 0.1) is 13.8 Å². The molecule has 0 atom stereocenters. The number of rotatable bonds is 3. The molecule has 0 fully saturated rings. The van der Waals surface area contributed by atoms with Gasteiger partial charge in [0, 0.05) is 14.1 Å². The van der Waals surface area contributed by atoms with E-state index in [1.807, 2.05) is 19.9 Å². The fraction of sp³-hybridized carbons (Fsp3) is 0.312. The molecule has 0 aromatic carbocycles. The number of aryl methyl sites for hydroxylation is 3. The molecule has 0 unspecified atom stereocenters. The van der Waals surface area contributed by atoms with E-state index in [4.69, 9.17) is 8.83 Å². The van der Waals surface area contributed by atoms with E-state index in [1.54, 1.807) is 11.6 Å². The summed E-state index contributed by atoms with van der Waals surface area (Å²) < 4.78 is 15.1. The van der Waals surface area contributed by atoms with Crippen molar-refractivity contribution < 1.29 is 8.83 Å². The van der Waals surface area contributed by atoms with Crippen LogP contribution in [-0.4, -0.2) is 28.9 Å². The first-order valence-electron chi connectivity index (χ1n) is 7.87. The molecule has 0 spiro atoms. The van der Waals surface area contributed by atoms with Crippen LogP contribution in [0.15, 0.2) is 30.8 Å². The minimum absolute atomic E-state index is 0.160. The van der Waals surface area contributed by atoms with Crippen molar-refractivity contribution in [2.45, 2.75) is 20.4 Å². The van der Waals surface area contributed by atoms with Crippen LogP contribution in [0.4, 0.5) is 0 Å². The van der Waals surface area contributed by atoms with Crippen molar-refractivity contribution in [3.05, 3.63) is 50.6 Å². The van der Waals surface area contributed by atoms with Crippen molar-refractivity contribution in [3.8, 4) is 11.5 Å². The minimum Gasteiger partial charge on any atom is -0.466 e. The summed E-state index contributed by atoms with van der Waals surface area (Å²) in [5.41, 5.74) is 0.471. The van der Waals surface area contributed by atoms with Crippen molar-refractivity contribution in [2.24, 2.45) is 14.1 Å². The van der Waals surface area contributed by atoms with Crippen LogP contribution >= 0.6 is 0 Å². The number of aromatic nitrogens is 6. The summed E-state index contributed by atoms with van der Waals surface area (Å²) in [5.74, 6) is 2.10. The number of nitrogens with zero attached hydrogens (tertiary/aromatic N) is 6. The highest BCUT2D eigenvalue weighted by Crippen LogP contribution is 2.25. The summed E-state index contributed by atoms with van der Waals surface area (Å²) in [6, 6.07) is 1.82. The number of hydrogen-bond donors (Lipinski definition) is 0. The largest absolute Gasteiger partial charge is 0.466 e. The summed E-state index contributed by atoms with van der Waals surface area (Å²) in [5, 5.41) is 8.08. The van der Waals surface area contributed by atoms with Gasteiger partial charge < -0.3 is 13.4 Å². The van der Waals surface area contributed by atoms with Gasteiger partial charge in [0.2, 0.25) is 5.89 Å². The van der Waals surface area contributed by atoms with Gasteiger partial charge in [0.25, 0.3) is 11.4 Å². The van der Waals surface area contributed by atoms with Crippen LogP contribution in [0.5, 0.6) is 0 Å². The summed E-state index contributed by atoms with van der Waals surface area (Å²) in [4.78, 5) is 28.6. The molecule has 134 valence electrons. The highest BCUT2D eigenvalue weighted by molar-refractivity contribution is 5.70. The topological polar surface area (TPSA) is 114 Å². The van der Waals surface area contributed by atoms with Crippen LogP contribution in [-0.2, 0) is 20.6 Å². The maximum atomic E-state index is 12.5. The molecule has 10 heteroatoms. The lowest BCUT2D eigenvalue weighted by Gasteiger charge is -2.04. The second-order valence-corrected chi connectivity index (χ2v) is 6.08. The first-order valence-corrected chi connectivity index (χ1v) is 7.87. The second kappa shape index (κ2) is 5.55. The highest BCUT2D eigenvalue weighted by atomic mass is 16.4. The summed E-state index contributed by atoms with van der Waals surface area (Å²) in [7, 11) is 2.99. The summed E-state index contributed by atoms with van der Waals surface area (Å²) in [6.45, 7) is 3.82. The van der Waals surface area contributed by atoms with E-state index < -0.39 is 11.2 Å². The lowest BCUT2D eigenvalue weighted by molar-refractivity contribution is 0.484. The Labute approximate surface area is 146 Å². The summed E-state index contributed by atoms with van der Waals surface area (Å²) in [6.07, 6.45) is 1.47. The van der Waals surface area contributed by atoms with Gasteiger partial charge in [-0.25, -0.2) is 9.78 Å². The Morgan fingerprint density at radius 1 is 1.08 bits per heavy atom. The van der Waals surface area contributed by atoms with Gasteiger partial charge in [-0.15, -0.1) is 10.2 Å². The fourth-order valence-corrected chi connectivity index (χ4v) is 2.93. The molecule has 4 aromatic heterocycles. The Morgan fingerprint density at radius 2 is 1.85 bits per heavy atom. The molecule has 0 radical (unpaired) electrons. The smallest absolute Gasteiger partial charge is 0.332 e. The van der Waals surface area contributed by atoms with E-state index in [1.165, 1.54) is 17.9 Å². The Balaban J connectivity index is 1.76. The average molecular weight is 356 g/mol. The molecule has 4 aromatic rings. The molecule has 0 saturated carbocycles. The van der Waals surface area contributed by atoms with Crippen LogP contribution in [0.3, 0.4) is 0 Å². The Kier molecular flexibility index (Phi) is 3.43. The normalized spacial score (nSPS) is 11.5. The molecular weight excluding hydrogens is 340 g/mol. The van der Waals surface area contributed by atoms with Crippen molar-refractivity contribution in [1.29, 1.82) is 0 Å². The van der Waals surface area contributed by atoms with E-state index in [2.05, 4.69) is 15.2 Å². The molecule has 10 nitrogen and oxygen atoms in total. The molecule has 4 heterocycles. The lowest BCUT2D eigenvalue weighted by Crippen LogP contribution is -2.37. The first-order chi connectivity index (χ1) is 12.4. The van der Waals surface area contributed by atoms with E-state index in [-0.39, 0.29) is 6.54 Å². The van der Waals surface area contributed by atoms with Crippen LogP contribution < -0.4 is 11.2 Å². The molecule has 0 N–H and O–H groups in total. The third-order valence-electron chi connectivity index (χ3n) is 4.26. The SMILES string of the molecule is Cc1cc(-c2nnc(Cn3cnc4c3c(=O)n(C)c(=O)n4C)o2)c(C)o1. The Bertz CT molecular complexity index is 1250. The van der Waals surface area contributed by atoms with Gasteiger partial charge in [-0.05, 0) is 19.9 Å². The lowest BCUT2D eigenvalue weighted by atomic mass is 10.2. The predicted molar refractivity (Wildman–Crippen MR) is 90.8 cm³/mol.